The Balaban J connectivity index is 1.69. The maximum absolute atomic E-state index is 12.7. The van der Waals surface area contributed by atoms with Crippen LogP contribution in [0.1, 0.15) is 49.4 Å². The highest BCUT2D eigenvalue weighted by molar-refractivity contribution is 5.77. The standard InChI is InChI=1S/C18H23N3O2/c1-13-7-10-21(16(11-13)17-5-3-14(2)23-17)18(22)6-4-15-12-19-8-9-20-15/h3,5,8-9,12-13,16H,4,6-7,10-11H2,1-2H3/t13-,16+/m0/s1. The molecule has 0 aliphatic carbocycles. The predicted octanol–water partition coefficient (Wildman–Crippen LogP) is 3.31. The molecule has 0 bridgehead atoms. The number of hydrogen-bond acceptors (Lipinski definition) is 4. The van der Waals surface area contributed by atoms with E-state index in [0.717, 1.165) is 36.6 Å². The average molecular weight is 313 g/mol. The zero-order chi connectivity index (χ0) is 16.2. The summed E-state index contributed by atoms with van der Waals surface area (Å²) in [4.78, 5) is 23.0. The maximum atomic E-state index is 12.7. The van der Waals surface area contributed by atoms with Gasteiger partial charge in [0.25, 0.3) is 0 Å². The largest absolute Gasteiger partial charge is 0.464 e. The lowest BCUT2D eigenvalue weighted by Crippen LogP contribution is -2.40. The lowest BCUT2D eigenvalue weighted by Gasteiger charge is -2.37. The topological polar surface area (TPSA) is 59.2 Å². The molecule has 1 fully saturated rings. The summed E-state index contributed by atoms with van der Waals surface area (Å²) in [5, 5.41) is 0. The molecule has 0 unspecified atom stereocenters. The molecule has 2 aromatic rings. The Hall–Kier alpha value is -2.17. The van der Waals surface area contributed by atoms with Gasteiger partial charge in [-0.3, -0.25) is 14.8 Å². The molecule has 0 N–H and O–H groups in total. The minimum Gasteiger partial charge on any atom is -0.464 e. The number of carbonyl (C=O) groups is 1. The van der Waals surface area contributed by atoms with Crippen LogP contribution in [0.2, 0.25) is 0 Å². The van der Waals surface area contributed by atoms with Crippen LogP contribution < -0.4 is 0 Å². The molecular formula is C18H23N3O2. The molecule has 1 amide bonds. The van der Waals surface area contributed by atoms with Crippen LogP contribution in [0.4, 0.5) is 0 Å². The lowest BCUT2D eigenvalue weighted by atomic mass is 9.90. The van der Waals surface area contributed by atoms with E-state index in [2.05, 4.69) is 16.9 Å². The summed E-state index contributed by atoms with van der Waals surface area (Å²) in [5.74, 6) is 2.57. The fourth-order valence-electron chi connectivity index (χ4n) is 3.18. The van der Waals surface area contributed by atoms with Gasteiger partial charge < -0.3 is 9.32 Å². The zero-order valence-electron chi connectivity index (χ0n) is 13.7. The SMILES string of the molecule is Cc1ccc([C@H]2C[C@@H](C)CCN2C(=O)CCc2cnccn2)o1. The lowest BCUT2D eigenvalue weighted by molar-refractivity contribution is -0.136. The number of furan rings is 1. The second kappa shape index (κ2) is 6.94. The third-order valence-corrected chi connectivity index (χ3v) is 4.49. The maximum Gasteiger partial charge on any atom is 0.223 e. The molecule has 23 heavy (non-hydrogen) atoms. The number of carbonyl (C=O) groups excluding carboxylic acids is 1. The second-order valence-electron chi connectivity index (χ2n) is 6.38. The molecule has 5 nitrogen and oxygen atoms in total. The minimum atomic E-state index is 0.0572. The first-order valence-corrected chi connectivity index (χ1v) is 8.24. The number of rotatable bonds is 4. The van der Waals surface area contributed by atoms with Crippen molar-refractivity contribution in [1.82, 2.24) is 14.9 Å². The van der Waals surface area contributed by atoms with Crippen molar-refractivity contribution in [2.45, 2.75) is 45.6 Å². The van der Waals surface area contributed by atoms with Crippen molar-refractivity contribution in [1.29, 1.82) is 0 Å². The summed E-state index contributed by atoms with van der Waals surface area (Å²) in [6, 6.07) is 4.03. The molecule has 0 radical (unpaired) electrons. The summed E-state index contributed by atoms with van der Waals surface area (Å²) in [6.45, 7) is 4.98. The first-order valence-electron chi connectivity index (χ1n) is 8.24. The zero-order valence-corrected chi connectivity index (χ0v) is 13.7. The number of piperidine rings is 1. The normalized spacial score (nSPS) is 21.4. The predicted molar refractivity (Wildman–Crippen MR) is 86.7 cm³/mol. The van der Waals surface area contributed by atoms with Gasteiger partial charge in [-0.05, 0) is 44.2 Å². The Morgan fingerprint density at radius 2 is 2.26 bits per heavy atom. The summed E-state index contributed by atoms with van der Waals surface area (Å²) in [5.41, 5.74) is 0.858. The second-order valence-corrected chi connectivity index (χ2v) is 6.38. The Labute approximate surface area is 136 Å². The molecule has 122 valence electrons. The van der Waals surface area contributed by atoms with Crippen LogP contribution >= 0.6 is 0 Å². The van der Waals surface area contributed by atoms with Gasteiger partial charge in [0.05, 0.1) is 11.7 Å². The first-order chi connectivity index (χ1) is 11.1. The molecule has 3 heterocycles. The Morgan fingerprint density at radius 3 is 2.96 bits per heavy atom. The van der Waals surface area contributed by atoms with E-state index in [1.807, 2.05) is 24.0 Å². The molecule has 3 rings (SSSR count). The average Bonchev–Trinajstić information content (AvgIpc) is 3.00. The Morgan fingerprint density at radius 1 is 1.39 bits per heavy atom. The summed E-state index contributed by atoms with van der Waals surface area (Å²) >= 11 is 0. The van der Waals surface area contributed by atoms with E-state index in [9.17, 15) is 4.79 Å². The van der Waals surface area contributed by atoms with Gasteiger partial charge in [0, 0.05) is 31.6 Å². The molecule has 1 aliphatic heterocycles. The molecule has 0 aromatic carbocycles. The molecule has 1 saturated heterocycles. The third kappa shape index (κ3) is 3.78. The summed E-state index contributed by atoms with van der Waals surface area (Å²) < 4.78 is 5.80. The van der Waals surface area contributed by atoms with Crippen LogP contribution in [-0.4, -0.2) is 27.3 Å². The van der Waals surface area contributed by atoms with E-state index in [1.165, 1.54) is 0 Å². The van der Waals surface area contributed by atoms with Gasteiger partial charge in [0.15, 0.2) is 0 Å². The van der Waals surface area contributed by atoms with Crippen LogP contribution in [0.5, 0.6) is 0 Å². The van der Waals surface area contributed by atoms with Gasteiger partial charge in [0.1, 0.15) is 11.5 Å². The minimum absolute atomic E-state index is 0.0572. The quantitative estimate of drug-likeness (QED) is 0.869. The summed E-state index contributed by atoms with van der Waals surface area (Å²) in [7, 11) is 0. The van der Waals surface area contributed by atoms with Crippen LogP contribution in [0.3, 0.4) is 0 Å². The smallest absolute Gasteiger partial charge is 0.223 e. The third-order valence-electron chi connectivity index (χ3n) is 4.49. The van der Waals surface area contributed by atoms with Crippen molar-refractivity contribution in [3.05, 3.63) is 47.9 Å². The van der Waals surface area contributed by atoms with Crippen LogP contribution in [-0.2, 0) is 11.2 Å². The van der Waals surface area contributed by atoms with Gasteiger partial charge >= 0.3 is 0 Å². The summed E-state index contributed by atoms with van der Waals surface area (Å²) in [6.07, 6.45) is 8.13. The molecule has 0 saturated carbocycles. The van der Waals surface area contributed by atoms with Crippen LogP contribution in [0, 0.1) is 12.8 Å². The first kappa shape index (κ1) is 15.7. The van der Waals surface area contributed by atoms with Crippen molar-refractivity contribution < 1.29 is 9.21 Å². The van der Waals surface area contributed by atoms with Gasteiger partial charge in [0.2, 0.25) is 5.91 Å². The fourth-order valence-corrected chi connectivity index (χ4v) is 3.18. The van der Waals surface area contributed by atoms with E-state index in [-0.39, 0.29) is 11.9 Å². The monoisotopic (exact) mass is 313 g/mol. The fraction of sp³-hybridized carbons (Fsp3) is 0.500. The van der Waals surface area contributed by atoms with Gasteiger partial charge in [-0.25, -0.2) is 0 Å². The van der Waals surface area contributed by atoms with Gasteiger partial charge in [-0.2, -0.15) is 0 Å². The molecule has 1 aliphatic rings. The van der Waals surface area contributed by atoms with E-state index >= 15 is 0 Å². The van der Waals surface area contributed by atoms with Crippen LogP contribution in [0.25, 0.3) is 0 Å². The van der Waals surface area contributed by atoms with Crippen LogP contribution in [0.15, 0.2) is 35.1 Å². The number of aryl methyl sites for hydroxylation is 2. The number of aromatic nitrogens is 2. The van der Waals surface area contributed by atoms with Gasteiger partial charge in [-0.15, -0.1) is 0 Å². The highest BCUT2D eigenvalue weighted by atomic mass is 16.3. The van der Waals surface area contributed by atoms with E-state index in [4.69, 9.17) is 4.42 Å². The molecule has 0 spiro atoms. The molecule has 5 heteroatoms. The van der Waals surface area contributed by atoms with Crippen molar-refractivity contribution in [3.63, 3.8) is 0 Å². The highest BCUT2D eigenvalue weighted by Crippen LogP contribution is 2.35. The molecule has 2 aromatic heterocycles. The van der Waals surface area contributed by atoms with Crippen molar-refractivity contribution in [2.24, 2.45) is 5.92 Å². The molecular weight excluding hydrogens is 290 g/mol. The number of amides is 1. The van der Waals surface area contributed by atoms with E-state index in [1.54, 1.807) is 18.6 Å². The van der Waals surface area contributed by atoms with Gasteiger partial charge in [-0.1, -0.05) is 6.92 Å². The van der Waals surface area contributed by atoms with Crippen molar-refractivity contribution >= 4 is 5.91 Å². The Bertz CT molecular complexity index is 653. The number of likely N-dealkylation sites (tertiary alicyclic amines) is 1. The Kier molecular flexibility index (Phi) is 4.74. The number of nitrogens with zero attached hydrogens (tertiary/aromatic N) is 3. The highest BCUT2D eigenvalue weighted by Gasteiger charge is 2.32. The van der Waals surface area contributed by atoms with E-state index < -0.39 is 0 Å². The van der Waals surface area contributed by atoms with Crippen molar-refractivity contribution in [2.75, 3.05) is 6.54 Å². The van der Waals surface area contributed by atoms with E-state index in [0.29, 0.717) is 18.8 Å². The number of hydrogen-bond donors (Lipinski definition) is 0. The molecule has 2 atom stereocenters. The van der Waals surface area contributed by atoms with Crippen molar-refractivity contribution in [3.8, 4) is 0 Å².